The van der Waals surface area contributed by atoms with E-state index in [1.165, 1.54) is 35.1 Å². The van der Waals surface area contributed by atoms with Gasteiger partial charge in [-0.3, -0.25) is 0 Å². The summed E-state index contributed by atoms with van der Waals surface area (Å²) in [4.78, 5) is 0. The van der Waals surface area contributed by atoms with Gasteiger partial charge in [0, 0.05) is 18.6 Å². The fraction of sp³-hybridized carbons (Fsp3) is 0.571. The van der Waals surface area contributed by atoms with Crippen LogP contribution in [0.3, 0.4) is 0 Å². The molecular formula is C14H22N2. The highest BCUT2D eigenvalue weighted by Crippen LogP contribution is 2.31. The van der Waals surface area contributed by atoms with E-state index in [9.17, 15) is 0 Å². The topological polar surface area (TPSA) is 38.0 Å². The highest BCUT2D eigenvalue weighted by molar-refractivity contribution is 5.38. The van der Waals surface area contributed by atoms with Gasteiger partial charge in [-0.25, -0.2) is 0 Å². The smallest absolute Gasteiger partial charge is 0.0282 e. The van der Waals surface area contributed by atoms with E-state index in [4.69, 9.17) is 5.73 Å². The first-order chi connectivity index (χ1) is 7.52. The maximum atomic E-state index is 6.04. The Morgan fingerprint density at radius 2 is 1.88 bits per heavy atom. The fourth-order valence-electron chi connectivity index (χ4n) is 1.99. The lowest BCUT2D eigenvalue weighted by Crippen LogP contribution is -2.35. The van der Waals surface area contributed by atoms with Crippen LogP contribution in [0.2, 0.25) is 0 Å². The van der Waals surface area contributed by atoms with Crippen molar-refractivity contribution in [3.05, 3.63) is 34.4 Å². The standard InChI is InChI=1S/C14H22N2/c1-10-4-5-13(12(3)11(10)2)8-16-9-14(15)6-7-14/h4-5,16H,6-9,15H2,1-3H3. The Bertz CT molecular complexity index is 392. The molecule has 1 fully saturated rings. The molecule has 0 aliphatic heterocycles. The Kier molecular flexibility index (Phi) is 3.04. The van der Waals surface area contributed by atoms with E-state index >= 15 is 0 Å². The summed E-state index contributed by atoms with van der Waals surface area (Å²) in [5, 5.41) is 3.47. The fourth-order valence-corrected chi connectivity index (χ4v) is 1.99. The van der Waals surface area contributed by atoms with Gasteiger partial charge in [0.05, 0.1) is 0 Å². The van der Waals surface area contributed by atoms with Crippen molar-refractivity contribution in [2.24, 2.45) is 5.73 Å². The summed E-state index contributed by atoms with van der Waals surface area (Å²) in [6.07, 6.45) is 2.35. The zero-order chi connectivity index (χ0) is 11.8. The Balaban J connectivity index is 1.96. The molecule has 0 spiro atoms. The van der Waals surface area contributed by atoms with Crippen molar-refractivity contribution in [3.63, 3.8) is 0 Å². The van der Waals surface area contributed by atoms with E-state index in [0.717, 1.165) is 13.1 Å². The molecule has 88 valence electrons. The van der Waals surface area contributed by atoms with Crippen molar-refractivity contribution in [1.29, 1.82) is 0 Å². The highest BCUT2D eigenvalue weighted by Gasteiger charge is 2.37. The van der Waals surface area contributed by atoms with Gasteiger partial charge in [-0.05, 0) is 55.9 Å². The summed E-state index contributed by atoms with van der Waals surface area (Å²) in [6, 6.07) is 4.43. The van der Waals surface area contributed by atoms with Crippen molar-refractivity contribution in [3.8, 4) is 0 Å². The van der Waals surface area contributed by atoms with Gasteiger partial charge < -0.3 is 11.1 Å². The third-order valence-electron chi connectivity index (χ3n) is 3.85. The molecule has 2 rings (SSSR count). The molecule has 0 atom stereocenters. The minimum atomic E-state index is 0.105. The minimum Gasteiger partial charge on any atom is -0.324 e. The number of aryl methyl sites for hydroxylation is 1. The molecule has 0 amide bonds. The summed E-state index contributed by atoms with van der Waals surface area (Å²) in [5.41, 5.74) is 11.7. The lowest BCUT2D eigenvalue weighted by molar-refractivity contribution is 0.568. The number of hydrogen-bond donors (Lipinski definition) is 2. The second-order valence-corrected chi connectivity index (χ2v) is 5.26. The van der Waals surface area contributed by atoms with Crippen LogP contribution in [0.5, 0.6) is 0 Å². The second kappa shape index (κ2) is 4.19. The summed E-state index contributed by atoms with van der Waals surface area (Å²) in [5.74, 6) is 0. The van der Waals surface area contributed by atoms with Crippen molar-refractivity contribution in [2.45, 2.75) is 45.7 Å². The third kappa shape index (κ3) is 2.45. The van der Waals surface area contributed by atoms with Crippen LogP contribution in [-0.2, 0) is 6.54 Å². The molecule has 0 bridgehead atoms. The summed E-state index contributed by atoms with van der Waals surface area (Å²) in [6.45, 7) is 8.44. The van der Waals surface area contributed by atoms with Gasteiger partial charge in [-0.1, -0.05) is 12.1 Å². The average molecular weight is 218 g/mol. The third-order valence-corrected chi connectivity index (χ3v) is 3.85. The zero-order valence-electron chi connectivity index (χ0n) is 10.6. The van der Waals surface area contributed by atoms with Crippen molar-refractivity contribution >= 4 is 0 Å². The molecule has 1 aliphatic carbocycles. The Morgan fingerprint density at radius 3 is 2.50 bits per heavy atom. The Labute approximate surface area is 98.2 Å². The number of nitrogens with two attached hydrogens (primary N) is 1. The Morgan fingerprint density at radius 1 is 1.19 bits per heavy atom. The molecule has 1 aromatic carbocycles. The summed E-state index contributed by atoms with van der Waals surface area (Å²) < 4.78 is 0. The van der Waals surface area contributed by atoms with Crippen molar-refractivity contribution in [1.82, 2.24) is 5.32 Å². The molecule has 1 aliphatic rings. The van der Waals surface area contributed by atoms with E-state index in [2.05, 4.69) is 38.2 Å². The molecule has 0 radical (unpaired) electrons. The molecule has 2 nitrogen and oxygen atoms in total. The van der Waals surface area contributed by atoms with Crippen LogP contribution in [0.25, 0.3) is 0 Å². The zero-order valence-corrected chi connectivity index (χ0v) is 10.6. The molecule has 2 heteroatoms. The molecule has 1 saturated carbocycles. The van der Waals surface area contributed by atoms with Crippen LogP contribution < -0.4 is 11.1 Å². The normalized spacial score (nSPS) is 17.5. The Hall–Kier alpha value is -0.860. The van der Waals surface area contributed by atoms with Gasteiger partial charge >= 0.3 is 0 Å². The quantitative estimate of drug-likeness (QED) is 0.813. The molecule has 0 unspecified atom stereocenters. The average Bonchev–Trinajstić information content (AvgIpc) is 2.97. The second-order valence-electron chi connectivity index (χ2n) is 5.26. The van der Waals surface area contributed by atoms with Gasteiger partial charge in [0.15, 0.2) is 0 Å². The van der Waals surface area contributed by atoms with E-state index in [-0.39, 0.29) is 5.54 Å². The number of benzene rings is 1. The highest BCUT2D eigenvalue weighted by atomic mass is 15.0. The number of rotatable bonds is 4. The van der Waals surface area contributed by atoms with Crippen LogP contribution in [0.15, 0.2) is 12.1 Å². The SMILES string of the molecule is Cc1ccc(CNCC2(N)CC2)c(C)c1C. The minimum absolute atomic E-state index is 0.105. The number of hydrogen-bond acceptors (Lipinski definition) is 2. The molecule has 3 N–H and O–H groups in total. The predicted molar refractivity (Wildman–Crippen MR) is 68.5 cm³/mol. The van der Waals surface area contributed by atoms with Crippen molar-refractivity contribution < 1.29 is 0 Å². The maximum absolute atomic E-state index is 6.04. The molecule has 0 saturated heterocycles. The predicted octanol–water partition coefficient (Wildman–Crippen LogP) is 2.19. The number of nitrogens with one attached hydrogen (secondary N) is 1. The summed E-state index contributed by atoms with van der Waals surface area (Å²) in [7, 11) is 0. The first kappa shape index (κ1) is 11.6. The van der Waals surface area contributed by atoms with Gasteiger partial charge in [-0.2, -0.15) is 0 Å². The van der Waals surface area contributed by atoms with E-state index in [1.54, 1.807) is 0 Å². The molecule has 1 aromatic rings. The molecule has 16 heavy (non-hydrogen) atoms. The van der Waals surface area contributed by atoms with Crippen LogP contribution in [0, 0.1) is 20.8 Å². The molecule has 0 heterocycles. The van der Waals surface area contributed by atoms with Crippen LogP contribution in [-0.4, -0.2) is 12.1 Å². The van der Waals surface area contributed by atoms with Crippen molar-refractivity contribution in [2.75, 3.05) is 6.54 Å². The van der Waals surface area contributed by atoms with Gasteiger partial charge in [0.2, 0.25) is 0 Å². The monoisotopic (exact) mass is 218 g/mol. The molecular weight excluding hydrogens is 196 g/mol. The van der Waals surface area contributed by atoms with E-state index in [1.807, 2.05) is 0 Å². The largest absolute Gasteiger partial charge is 0.324 e. The molecule has 0 aromatic heterocycles. The first-order valence-electron chi connectivity index (χ1n) is 6.07. The lowest BCUT2D eigenvalue weighted by atomic mass is 9.99. The van der Waals surface area contributed by atoms with Gasteiger partial charge in [-0.15, -0.1) is 0 Å². The van der Waals surface area contributed by atoms with Crippen LogP contribution >= 0.6 is 0 Å². The van der Waals surface area contributed by atoms with E-state index < -0.39 is 0 Å². The van der Waals surface area contributed by atoms with E-state index in [0.29, 0.717) is 0 Å². The maximum Gasteiger partial charge on any atom is 0.0282 e. The first-order valence-corrected chi connectivity index (χ1v) is 6.07. The summed E-state index contributed by atoms with van der Waals surface area (Å²) >= 11 is 0. The van der Waals surface area contributed by atoms with Gasteiger partial charge in [0.25, 0.3) is 0 Å². The van der Waals surface area contributed by atoms with Crippen LogP contribution in [0.1, 0.15) is 35.1 Å². The van der Waals surface area contributed by atoms with Gasteiger partial charge in [0.1, 0.15) is 0 Å². The lowest BCUT2D eigenvalue weighted by Gasteiger charge is -2.14. The van der Waals surface area contributed by atoms with Crippen LogP contribution in [0.4, 0.5) is 0 Å².